The summed E-state index contributed by atoms with van der Waals surface area (Å²) in [5.74, 6) is -0.552. The molecule has 23 heavy (non-hydrogen) atoms. The maximum absolute atomic E-state index is 13.1. The molecular formula is C15H10ClFN4OS. The number of halogens is 2. The Morgan fingerprint density at radius 1 is 1.26 bits per heavy atom. The van der Waals surface area contributed by atoms with E-state index in [9.17, 15) is 9.50 Å². The zero-order valence-corrected chi connectivity index (χ0v) is 13.1. The van der Waals surface area contributed by atoms with Gasteiger partial charge in [0.25, 0.3) is 0 Å². The Kier molecular flexibility index (Phi) is 4.22. The molecule has 2 aromatic carbocycles. The van der Waals surface area contributed by atoms with E-state index in [1.54, 1.807) is 30.3 Å². The van der Waals surface area contributed by atoms with Gasteiger partial charge < -0.3 is 15.4 Å². The van der Waals surface area contributed by atoms with Crippen molar-refractivity contribution in [3.63, 3.8) is 0 Å². The van der Waals surface area contributed by atoms with E-state index in [4.69, 9.17) is 23.8 Å². The lowest BCUT2D eigenvalue weighted by molar-refractivity contribution is 0.459. The molecule has 0 spiro atoms. The van der Waals surface area contributed by atoms with Gasteiger partial charge in [0.15, 0.2) is 5.69 Å². The van der Waals surface area contributed by atoms with E-state index >= 15 is 0 Å². The summed E-state index contributed by atoms with van der Waals surface area (Å²) in [5, 5.41) is 21.5. The number of benzene rings is 2. The van der Waals surface area contributed by atoms with Crippen LogP contribution in [0, 0.1) is 5.82 Å². The number of nitrogens with zero attached hydrogens (tertiary/aromatic N) is 2. The smallest absolute Gasteiger partial charge is 0.218 e. The molecule has 0 fully saturated rings. The number of para-hydroxylation sites is 1. The van der Waals surface area contributed by atoms with E-state index < -0.39 is 5.82 Å². The van der Waals surface area contributed by atoms with Crippen LogP contribution in [0.2, 0.25) is 5.02 Å². The molecule has 0 radical (unpaired) electrons. The number of aromatic nitrogens is 1. The van der Waals surface area contributed by atoms with Crippen LogP contribution in [0.15, 0.2) is 52.7 Å². The van der Waals surface area contributed by atoms with E-state index in [2.05, 4.69) is 20.5 Å². The van der Waals surface area contributed by atoms with Crippen molar-refractivity contribution >= 4 is 51.2 Å². The van der Waals surface area contributed by atoms with Crippen molar-refractivity contribution in [2.24, 2.45) is 10.2 Å². The number of nitrogens with one attached hydrogen (secondary N) is 2. The predicted octanol–water partition coefficient (Wildman–Crippen LogP) is 5.15. The van der Waals surface area contributed by atoms with Gasteiger partial charge in [0.1, 0.15) is 5.82 Å². The third kappa shape index (κ3) is 3.30. The summed E-state index contributed by atoms with van der Waals surface area (Å²) >= 11 is 11.1. The molecule has 0 bridgehead atoms. The molecular weight excluding hydrogens is 339 g/mol. The van der Waals surface area contributed by atoms with Gasteiger partial charge in [-0.1, -0.05) is 29.8 Å². The fourth-order valence-electron chi connectivity index (χ4n) is 2.07. The topological polar surface area (TPSA) is 72.8 Å². The molecule has 1 aromatic heterocycles. The average Bonchev–Trinajstić information content (AvgIpc) is 2.82. The van der Waals surface area contributed by atoms with Crippen LogP contribution in [0.5, 0.6) is 5.88 Å². The number of hydrogen-bond donors (Lipinski definition) is 3. The molecule has 0 aliphatic rings. The van der Waals surface area contributed by atoms with E-state index in [-0.39, 0.29) is 16.7 Å². The van der Waals surface area contributed by atoms with Crippen molar-refractivity contribution in [3.8, 4) is 5.88 Å². The molecule has 3 N–H and O–H groups in total. The standard InChI is InChI=1S/C15H10ClFN4OS/c16-11-6-2-5-10-12(11)19-14(22)13(10)20-21-15(23)18-9-4-1-3-8(17)7-9/h1-7,19,22H,(H,18,23). The molecule has 0 aliphatic heterocycles. The Hall–Kier alpha value is -2.51. The largest absolute Gasteiger partial charge is 0.493 e. The highest BCUT2D eigenvalue weighted by Gasteiger charge is 2.12. The number of anilines is 1. The van der Waals surface area contributed by atoms with Crippen LogP contribution in [0.4, 0.5) is 15.8 Å². The number of aromatic hydroxyl groups is 1. The van der Waals surface area contributed by atoms with Gasteiger partial charge in [0.2, 0.25) is 11.0 Å². The molecule has 3 rings (SSSR count). The van der Waals surface area contributed by atoms with Crippen LogP contribution in [-0.2, 0) is 0 Å². The summed E-state index contributed by atoms with van der Waals surface area (Å²) in [7, 11) is 0. The molecule has 0 aliphatic carbocycles. The van der Waals surface area contributed by atoms with Gasteiger partial charge >= 0.3 is 0 Å². The normalized spacial score (nSPS) is 11.2. The Bertz CT molecular complexity index is 925. The first kappa shape index (κ1) is 15.4. The first-order valence-corrected chi connectivity index (χ1v) is 7.30. The van der Waals surface area contributed by atoms with E-state index in [1.807, 2.05) is 0 Å². The van der Waals surface area contributed by atoms with E-state index in [1.165, 1.54) is 12.1 Å². The number of azo groups is 1. The summed E-state index contributed by atoms with van der Waals surface area (Å²) in [5.41, 5.74) is 1.25. The third-order valence-electron chi connectivity index (χ3n) is 3.05. The second-order valence-corrected chi connectivity index (χ2v) is 5.42. The summed E-state index contributed by atoms with van der Waals surface area (Å²) in [6.45, 7) is 0. The molecule has 5 nitrogen and oxygen atoms in total. The van der Waals surface area contributed by atoms with Crippen molar-refractivity contribution in [1.82, 2.24) is 4.98 Å². The zero-order valence-electron chi connectivity index (χ0n) is 11.5. The number of rotatable bonds is 2. The molecule has 0 amide bonds. The molecule has 116 valence electrons. The summed E-state index contributed by atoms with van der Waals surface area (Å²) < 4.78 is 13.1. The number of hydrogen-bond acceptors (Lipinski definition) is 3. The van der Waals surface area contributed by atoms with Crippen LogP contribution in [0.1, 0.15) is 0 Å². The van der Waals surface area contributed by atoms with Gasteiger partial charge in [-0.05, 0) is 36.5 Å². The molecule has 1 heterocycles. The highest BCUT2D eigenvalue weighted by Crippen LogP contribution is 2.38. The van der Waals surface area contributed by atoms with Crippen LogP contribution < -0.4 is 5.32 Å². The lowest BCUT2D eigenvalue weighted by Crippen LogP contribution is -2.04. The number of thiocarbonyl (C=S) groups is 1. The second-order valence-electron chi connectivity index (χ2n) is 4.63. The number of H-pyrrole nitrogens is 1. The Morgan fingerprint density at radius 3 is 2.83 bits per heavy atom. The zero-order chi connectivity index (χ0) is 16.4. The predicted molar refractivity (Wildman–Crippen MR) is 92.1 cm³/mol. The minimum absolute atomic E-state index is 0.0337. The monoisotopic (exact) mass is 348 g/mol. The summed E-state index contributed by atoms with van der Waals surface area (Å²) in [6.07, 6.45) is 0. The Morgan fingerprint density at radius 2 is 2.04 bits per heavy atom. The maximum atomic E-state index is 13.1. The SMILES string of the molecule is Oc1[nH]c2c(Cl)cccc2c1N=NC(=S)Nc1cccc(F)c1. The fraction of sp³-hybridized carbons (Fsp3) is 0. The van der Waals surface area contributed by atoms with Gasteiger partial charge in [-0.15, -0.1) is 10.2 Å². The quantitative estimate of drug-likeness (QED) is 0.443. The van der Waals surface area contributed by atoms with Gasteiger partial charge in [0, 0.05) is 11.1 Å². The van der Waals surface area contributed by atoms with Crippen LogP contribution >= 0.6 is 23.8 Å². The molecule has 8 heteroatoms. The van der Waals surface area contributed by atoms with Crippen LogP contribution in [0.3, 0.4) is 0 Å². The van der Waals surface area contributed by atoms with Gasteiger partial charge in [-0.25, -0.2) is 4.39 Å². The van der Waals surface area contributed by atoms with E-state index in [0.29, 0.717) is 21.6 Å². The van der Waals surface area contributed by atoms with Gasteiger partial charge in [-0.2, -0.15) is 0 Å². The third-order valence-corrected chi connectivity index (χ3v) is 3.55. The Labute approximate surface area is 140 Å². The second kappa shape index (κ2) is 6.31. The molecule has 0 saturated carbocycles. The molecule has 0 unspecified atom stereocenters. The average molecular weight is 349 g/mol. The molecule has 3 aromatic rings. The fourth-order valence-corrected chi connectivity index (χ4v) is 2.45. The van der Waals surface area contributed by atoms with Gasteiger partial charge in [0.05, 0.1) is 10.5 Å². The summed E-state index contributed by atoms with van der Waals surface area (Å²) in [4.78, 5) is 2.73. The first-order chi connectivity index (χ1) is 11.0. The molecule has 0 saturated heterocycles. The Balaban J connectivity index is 1.84. The van der Waals surface area contributed by atoms with Crippen LogP contribution in [-0.4, -0.2) is 15.2 Å². The molecule has 0 atom stereocenters. The van der Waals surface area contributed by atoms with Crippen molar-refractivity contribution in [2.75, 3.05) is 5.32 Å². The van der Waals surface area contributed by atoms with Crippen molar-refractivity contribution in [1.29, 1.82) is 0 Å². The van der Waals surface area contributed by atoms with Crippen molar-refractivity contribution in [2.45, 2.75) is 0 Å². The van der Waals surface area contributed by atoms with Crippen molar-refractivity contribution < 1.29 is 9.50 Å². The highest BCUT2D eigenvalue weighted by atomic mass is 35.5. The lowest BCUT2D eigenvalue weighted by atomic mass is 10.2. The minimum Gasteiger partial charge on any atom is -0.493 e. The first-order valence-electron chi connectivity index (χ1n) is 6.52. The number of fused-ring (bicyclic) bond motifs is 1. The van der Waals surface area contributed by atoms with Crippen molar-refractivity contribution in [3.05, 3.63) is 53.3 Å². The van der Waals surface area contributed by atoms with Gasteiger partial charge in [-0.3, -0.25) is 0 Å². The van der Waals surface area contributed by atoms with Crippen LogP contribution in [0.25, 0.3) is 10.9 Å². The minimum atomic E-state index is -0.390. The highest BCUT2D eigenvalue weighted by molar-refractivity contribution is 7.80. The summed E-state index contributed by atoms with van der Waals surface area (Å²) in [6, 6.07) is 11.0. The number of aromatic amines is 1. The van der Waals surface area contributed by atoms with E-state index in [0.717, 1.165) is 0 Å². The maximum Gasteiger partial charge on any atom is 0.218 e. The lowest BCUT2D eigenvalue weighted by Gasteiger charge is -2.02.